The van der Waals surface area contributed by atoms with Gasteiger partial charge in [-0.05, 0) is 43.7 Å². The van der Waals surface area contributed by atoms with Crippen LogP contribution in [0.15, 0.2) is 48.5 Å². The van der Waals surface area contributed by atoms with Crippen molar-refractivity contribution in [3.05, 3.63) is 64.7 Å². The van der Waals surface area contributed by atoms with E-state index in [0.29, 0.717) is 15.7 Å². The number of methoxy groups -OCH3 is 1. The quantitative estimate of drug-likeness (QED) is 0.694. The minimum Gasteiger partial charge on any atom is -0.495 e. The van der Waals surface area contributed by atoms with E-state index in [9.17, 15) is 4.79 Å². The number of benzene rings is 2. The molecule has 0 spiro atoms. The van der Waals surface area contributed by atoms with Crippen LogP contribution in [0.2, 0.25) is 0 Å². The summed E-state index contributed by atoms with van der Waals surface area (Å²) in [6, 6.07) is 15.3. The van der Waals surface area contributed by atoms with Crippen LogP contribution < -0.4 is 15.4 Å². The second kappa shape index (κ2) is 7.36. The lowest BCUT2D eigenvalue weighted by Crippen LogP contribution is -2.11. The van der Waals surface area contributed by atoms with E-state index >= 15 is 0 Å². The number of rotatable bonds is 5. The van der Waals surface area contributed by atoms with E-state index in [2.05, 4.69) is 15.6 Å². The number of carbonyl (C=O) groups is 1. The lowest BCUT2D eigenvalue weighted by atomic mass is 10.2. The predicted molar refractivity (Wildman–Crippen MR) is 102 cm³/mol. The number of thiazole rings is 1. The Morgan fingerprint density at radius 1 is 1.12 bits per heavy atom. The number of ether oxygens (including phenoxy) is 1. The van der Waals surface area contributed by atoms with Gasteiger partial charge >= 0.3 is 0 Å². The Kier molecular flexibility index (Phi) is 5.00. The summed E-state index contributed by atoms with van der Waals surface area (Å²) in [5.74, 6) is 0.565. The fourth-order valence-electron chi connectivity index (χ4n) is 2.43. The molecule has 6 heteroatoms. The Balaban J connectivity index is 1.79. The van der Waals surface area contributed by atoms with E-state index in [-0.39, 0.29) is 5.91 Å². The van der Waals surface area contributed by atoms with Gasteiger partial charge in [0.25, 0.3) is 5.91 Å². The molecule has 0 saturated heterocycles. The molecule has 0 aliphatic heterocycles. The van der Waals surface area contributed by atoms with Gasteiger partial charge in [-0.2, -0.15) is 0 Å². The second-order valence-electron chi connectivity index (χ2n) is 5.58. The number of para-hydroxylation sites is 2. The van der Waals surface area contributed by atoms with Crippen LogP contribution in [-0.4, -0.2) is 18.0 Å². The number of nitrogens with one attached hydrogen (secondary N) is 2. The zero-order chi connectivity index (χ0) is 17.8. The molecule has 25 heavy (non-hydrogen) atoms. The molecule has 0 aliphatic carbocycles. The van der Waals surface area contributed by atoms with Gasteiger partial charge in [-0.25, -0.2) is 4.98 Å². The van der Waals surface area contributed by atoms with Crippen molar-refractivity contribution in [1.29, 1.82) is 0 Å². The zero-order valence-electron chi connectivity index (χ0n) is 14.3. The lowest BCUT2D eigenvalue weighted by Gasteiger charge is -2.08. The minimum absolute atomic E-state index is 0.159. The Morgan fingerprint density at radius 2 is 1.92 bits per heavy atom. The maximum atomic E-state index is 12.5. The second-order valence-corrected chi connectivity index (χ2v) is 6.58. The number of anilines is 3. The van der Waals surface area contributed by atoms with Gasteiger partial charge in [0, 0.05) is 5.69 Å². The number of hydrogen-bond acceptors (Lipinski definition) is 5. The summed E-state index contributed by atoms with van der Waals surface area (Å²) in [5, 5.41) is 6.78. The standard InChI is InChI=1S/C19H19N3O2S/c1-12-7-6-8-14(11-12)21-18(23)17-13(2)20-19(25-17)22-15-9-4-5-10-16(15)24-3/h4-11H,1-3H3,(H,20,22)(H,21,23). The Bertz CT molecular complexity index is 905. The highest BCUT2D eigenvalue weighted by Crippen LogP contribution is 2.31. The van der Waals surface area contributed by atoms with Gasteiger partial charge in [0.1, 0.15) is 10.6 Å². The van der Waals surface area contributed by atoms with Gasteiger partial charge in [0.05, 0.1) is 18.5 Å². The maximum Gasteiger partial charge on any atom is 0.267 e. The molecule has 1 amide bonds. The molecule has 3 rings (SSSR count). The summed E-state index contributed by atoms with van der Waals surface area (Å²) in [4.78, 5) is 17.6. The van der Waals surface area contributed by atoms with E-state index in [1.807, 2.05) is 62.4 Å². The van der Waals surface area contributed by atoms with E-state index < -0.39 is 0 Å². The Hall–Kier alpha value is -2.86. The normalized spacial score (nSPS) is 10.4. The number of aryl methyl sites for hydroxylation is 2. The molecule has 128 valence electrons. The summed E-state index contributed by atoms with van der Waals surface area (Å²) in [7, 11) is 1.62. The van der Waals surface area contributed by atoms with Crippen molar-refractivity contribution in [3.63, 3.8) is 0 Å². The average molecular weight is 353 g/mol. The average Bonchev–Trinajstić information content (AvgIpc) is 2.96. The highest BCUT2D eigenvalue weighted by atomic mass is 32.1. The van der Waals surface area contributed by atoms with Crippen molar-refractivity contribution < 1.29 is 9.53 Å². The molecule has 1 heterocycles. The molecule has 5 nitrogen and oxygen atoms in total. The Morgan fingerprint density at radius 3 is 2.68 bits per heavy atom. The van der Waals surface area contributed by atoms with Crippen LogP contribution in [0.1, 0.15) is 20.9 Å². The number of carbonyl (C=O) groups excluding carboxylic acids is 1. The number of nitrogens with zero attached hydrogens (tertiary/aromatic N) is 1. The molecule has 1 aromatic heterocycles. The monoisotopic (exact) mass is 353 g/mol. The van der Waals surface area contributed by atoms with Crippen molar-refractivity contribution in [3.8, 4) is 5.75 Å². The Labute approximate surface area is 150 Å². The summed E-state index contributed by atoms with van der Waals surface area (Å²) >= 11 is 1.32. The van der Waals surface area contributed by atoms with E-state index in [1.54, 1.807) is 7.11 Å². The first-order valence-electron chi connectivity index (χ1n) is 7.82. The SMILES string of the molecule is COc1ccccc1Nc1nc(C)c(C(=O)Nc2cccc(C)c2)s1. The van der Waals surface area contributed by atoms with Crippen LogP contribution in [0.3, 0.4) is 0 Å². The molecule has 0 aliphatic rings. The third-order valence-corrected chi connectivity index (χ3v) is 4.70. The minimum atomic E-state index is -0.159. The van der Waals surface area contributed by atoms with Crippen molar-refractivity contribution >= 4 is 33.8 Å². The van der Waals surface area contributed by atoms with Crippen LogP contribution in [0.25, 0.3) is 0 Å². The van der Waals surface area contributed by atoms with Gasteiger partial charge < -0.3 is 15.4 Å². The fourth-order valence-corrected chi connectivity index (χ4v) is 3.31. The van der Waals surface area contributed by atoms with Gasteiger partial charge in [-0.15, -0.1) is 0 Å². The summed E-state index contributed by atoms with van der Waals surface area (Å²) in [6.07, 6.45) is 0. The maximum absolute atomic E-state index is 12.5. The van der Waals surface area contributed by atoms with Crippen molar-refractivity contribution in [2.75, 3.05) is 17.7 Å². The molecule has 0 radical (unpaired) electrons. The molecule has 3 aromatic rings. The van der Waals surface area contributed by atoms with Gasteiger partial charge in [0.2, 0.25) is 0 Å². The van der Waals surface area contributed by atoms with Crippen LogP contribution in [0, 0.1) is 13.8 Å². The number of hydrogen-bond donors (Lipinski definition) is 2. The van der Waals surface area contributed by atoms with Crippen LogP contribution in [-0.2, 0) is 0 Å². The highest BCUT2D eigenvalue weighted by Gasteiger charge is 2.16. The predicted octanol–water partition coefficient (Wildman–Crippen LogP) is 4.76. The molecule has 0 bridgehead atoms. The van der Waals surface area contributed by atoms with Gasteiger partial charge in [-0.1, -0.05) is 35.6 Å². The molecule has 0 atom stereocenters. The van der Waals surface area contributed by atoms with E-state index in [1.165, 1.54) is 11.3 Å². The van der Waals surface area contributed by atoms with Crippen molar-refractivity contribution in [2.45, 2.75) is 13.8 Å². The molecular formula is C19H19N3O2S. The largest absolute Gasteiger partial charge is 0.495 e. The van der Waals surface area contributed by atoms with E-state index in [0.717, 1.165) is 22.7 Å². The number of amides is 1. The van der Waals surface area contributed by atoms with Gasteiger partial charge in [0.15, 0.2) is 5.13 Å². The third-order valence-electron chi connectivity index (χ3n) is 3.63. The summed E-state index contributed by atoms with van der Waals surface area (Å²) in [5.41, 5.74) is 3.37. The van der Waals surface area contributed by atoms with Crippen LogP contribution in [0.4, 0.5) is 16.5 Å². The number of aromatic nitrogens is 1. The highest BCUT2D eigenvalue weighted by molar-refractivity contribution is 7.17. The third kappa shape index (κ3) is 3.97. The van der Waals surface area contributed by atoms with Crippen molar-refractivity contribution in [2.24, 2.45) is 0 Å². The first-order chi connectivity index (χ1) is 12.1. The lowest BCUT2D eigenvalue weighted by molar-refractivity contribution is 0.103. The van der Waals surface area contributed by atoms with Crippen LogP contribution >= 0.6 is 11.3 Å². The summed E-state index contributed by atoms with van der Waals surface area (Å²) < 4.78 is 5.33. The van der Waals surface area contributed by atoms with Gasteiger partial charge in [-0.3, -0.25) is 4.79 Å². The first kappa shape index (κ1) is 17.0. The first-order valence-corrected chi connectivity index (χ1v) is 8.64. The molecule has 2 N–H and O–H groups in total. The molecule has 0 unspecified atom stereocenters. The molecule has 2 aromatic carbocycles. The fraction of sp³-hybridized carbons (Fsp3) is 0.158. The van der Waals surface area contributed by atoms with E-state index in [4.69, 9.17) is 4.74 Å². The molecule has 0 fully saturated rings. The molecule has 0 saturated carbocycles. The van der Waals surface area contributed by atoms with Crippen molar-refractivity contribution in [1.82, 2.24) is 4.98 Å². The topological polar surface area (TPSA) is 63.2 Å². The smallest absolute Gasteiger partial charge is 0.267 e. The molecular weight excluding hydrogens is 334 g/mol. The summed E-state index contributed by atoms with van der Waals surface area (Å²) in [6.45, 7) is 3.82. The zero-order valence-corrected chi connectivity index (χ0v) is 15.1. The van der Waals surface area contributed by atoms with Crippen LogP contribution in [0.5, 0.6) is 5.75 Å².